The van der Waals surface area contributed by atoms with E-state index in [1.807, 2.05) is 19.1 Å². The van der Waals surface area contributed by atoms with Crippen molar-refractivity contribution in [1.82, 2.24) is 4.98 Å². The molecule has 0 aliphatic heterocycles. The first-order chi connectivity index (χ1) is 10.7. The summed E-state index contributed by atoms with van der Waals surface area (Å²) in [6.45, 7) is 1.95. The molecular weight excluding hydrogens is 384 g/mol. The van der Waals surface area contributed by atoms with E-state index in [1.54, 1.807) is 24.3 Å². The smallest absolute Gasteiger partial charge is 0.287 e. The van der Waals surface area contributed by atoms with E-state index >= 15 is 0 Å². The van der Waals surface area contributed by atoms with Gasteiger partial charge >= 0.3 is 0 Å². The maximum Gasteiger partial charge on any atom is 0.287 e. The van der Waals surface area contributed by atoms with Crippen LogP contribution in [0.2, 0.25) is 0 Å². The Morgan fingerprint density at radius 2 is 2.00 bits per heavy atom. The fraction of sp³-hybridized carbons (Fsp3) is 0.0667. The Balaban J connectivity index is 0.000000231. The predicted molar refractivity (Wildman–Crippen MR) is 92.2 cm³/mol. The van der Waals surface area contributed by atoms with Crippen LogP contribution in [0.15, 0.2) is 52.5 Å². The molecule has 2 aromatic rings. The number of nitrogens with zero attached hydrogens (tertiary/aromatic N) is 1. The van der Waals surface area contributed by atoms with E-state index in [4.69, 9.17) is 10.3 Å². The van der Waals surface area contributed by atoms with E-state index in [9.17, 15) is 13.2 Å². The summed E-state index contributed by atoms with van der Waals surface area (Å²) >= 11 is 3.25. The summed E-state index contributed by atoms with van der Waals surface area (Å²) in [5, 5.41) is 0.690. The van der Waals surface area contributed by atoms with Gasteiger partial charge < -0.3 is 5.73 Å². The van der Waals surface area contributed by atoms with Gasteiger partial charge in [0.25, 0.3) is 10.1 Å². The van der Waals surface area contributed by atoms with E-state index in [-0.39, 0.29) is 0 Å². The second-order valence-corrected chi connectivity index (χ2v) is 6.58. The van der Waals surface area contributed by atoms with Gasteiger partial charge in [-0.3, -0.25) is 14.3 Å². The van der Waals surface area contributed by atoms with Crippen LogP contribution in [0.25, 0.3) is 6.08 Å². The van der Waals surface area contributed by atoms with Crippen LogP contribution in [0.5, 0.6) is 0 Å². The third-order valence-corrected chi connectivity index (χ3v) is 3.62. The predicted octanol–water partition coefficient (Wildman–Crippen LogP) is 2.80. The largest absolute Gasteiger partial charge is 0.366 e. The minimum absolute atomic E-state index is 0.406. The number of amides is 1. The normalized spacial score (nSPS) is 10.9. The second-order valence-electron chi connectivity index (χ2n) is 4.42. The molecule has 2 rings (SSSR count). The number of aromatic nitrogens is 1. The summed E-state index contributed by atoms with van der Waals surface area (Å²) in [5.74, 6) is -0.406. The molecule has 1 aromatic heterocycles. The van der Waals surface area contributed by atoms with Crippen molar-refractivity contribution in [3.63, 3.8) is 0 Å². The highest BCUT2D eigenvalue weighted by Gasteiger charge is 2.04. The number of hydrogen-bond donors (Lipinski definition) is 2. The van der Waals surface area contributed by atoms with Crippen LogP contribution in [-0.4, -0.2) is 23.9 Å². The number of nitrogens with two attached hydrogens (primary N) is 1. The fourth-order valence-corrected chi connectivity index (χ4v) is 2.45. The first kappa shape index (κ1) is 19.0. The van der Waals surface area contributed by atoms with Crippen LogP contribution in [0.1, 0.15) is 21.6 Å². The number of halogens is 1. The maximum absolute atomic E-state index is 10.7. The third kappa shape index (κ3) is 7.68. The number of pyridine rings is 1. The van der Waals surface area contributed by atoms with Crippen molar-refractivity contribution in [2.45, 2.75) is 6.92 Å². The van der Waals surface area contributed by atoms with Crippen molar-refractivity contribution in [1.29, 1.82) is 0 Å². The van der Waals surface area contributed by atoms with Gasteiger partial charge in [-0.15, -0.1) is 0 Å². The van der Waals surface area contributed by atoms with Gasteiger partial charge in [0.2, 0.25) is 5.91 Å². The highest BCUT2D eigenvalue weighted by atomic mass is 79.9. The van der Waals surface area contributed by atoms with Crippen LogP contribution < -0.4 is 5.73 Å². The molecule has 0 unspecified atom stereocenters. The zero-order valence-corrected chi connectivity index (χ0v) is 14.6. The van der Waals surface area contributed by atoms with Crippen LogP contribution in [0.4, 0.5) is 0 Å². The van der Waals surface area contributed by atoms with E-state index in [1.165, 1.54) is 12.3 Å². The summed E-state index contributed by atoms with van der Waals surface area (Å²) in [7, 11) is -4.04. The number of carbonyl (C=O) groups excluding carboxylic acids is 1. The minimum Gasteiger partial charge on any atom is -0.366 e. The molecule has 6 nitrogen and oxygen atoms in total. The van der Waals surface area contributed by atoms with Gasteiger partial charge in [0.05, 0.1) is 16.7 Å². The lowest BCUT2D eigenvalue weighted by Crippen LogP contribution is -2.11. The van der Waals surface area contributed by atoms with Gasteiger partial charge in [-0.05, 0) is 58.8 Å². The molecule has 0 saturated carbocycles. The summed E-state index contributed by atoms with van der Waals surface area (Å²) in [6.07, 6.45) is 2.75. The topological polar surface area (TPSA) is 110 Å². The molecule has 0 radical (unpaired) electrons. The monoisotopic (exact) mass is 398 g/mol. The number of hydrogen-bond acceptors (Lipinski definition) is 4. The van der Waals surface area contributed by atoms with Crippen molar-refractivity contribution in [3.05, 3.63) is 69.3 Å². The molecule has 1 aromatic carbocycles. The molecule has 0 atom stereocenters. The SMILES string of the molecule is Cc1ccc(C(N)=O)c(Br)c1.O=S(=O)(O)/C=C/c1ccccn1. The first-order valence-corrected chi connectivity index (χ1v) is 8.61. The Hall–Kier alpha value is -2.03. The van der Waals surface area contributed by atoms with Gasteiger partial charge in [0, 0.05) is 10.7 Å². The highest BCUT2D eigenvalue weighted by Crippen LogP contribution is 2.17. The molecule has 23 heavy (non-hydrogen) atoms. The number of aryl methyl sites for hydroxylation is 1. The summed E-state index contributed by atoms with van der Waals surface area (Å²) in [5.41, 5.74) is 7.20. The van der Waals surface area contributed by atoms with Gasteiger partial charge in [0.15, 0.2) is 0 Å². The molecule has 0 spiro atoms. The molecule has 0 fully saturated rings. The molecule has 0 saturated heterocycles. The van der Waals surface area contributed by atoms with E-state index in [2.05, 4.69) is 20.9 Å². The van der Waals surface area contributed by atoms with Crippen molar-refractivity contribution >= 4 is 38.0 Å². The van der Waals surface area contributed by atoms with Crippen LogP contribution in [-0.2, 0) is 10.1 Å². The van der Waals surface area contributed by atoms with Gasteiger partial charge in [-0.2, -0.15) is 8.42 Å². The lowest BCUT2D eigenvalue weighted by molar-refractivity contribution is 0.0999. The lowest BCUT2D eigenvalue weighted by atomic mass is 10.1. The number of benzene rings is 1. The zero-order valence-electron chi connectivity index (χ0n) is 12.2. The van der Waals surface area contributed by atoms with E-state index in [0.717, 1.165) is 10.0 Å². The van der Waals surface area contributed by atoms with Crippen molar-refractivity contribution in [2.75, 3.05) is 0 Å². The van der Waals surface area contributed by atoms with E-state index in [0.29, 0.717) is 16.7 Å². The Labute approximate surface area is 142 Å². The molecular formula is C15H15BrN2O4S. The first-order valence-electron chi connectivity index (χ1n) is 6.31. The molecule has 1 heterocycles. The maximum atomic E-state index is 10.7. The minimum atomic E-state index is -4.04. The molecule has 3 N–H and O–H groups in total. The molecule has 1 amide bonds. The van der Waals surface area contributed by atoms with Gasteiger partial charge in [-0.1, -0.05) is 12.1 Å². The molecule has 122 valence electrons. The fourth-order valence-electron chi connectivity index (χ4n) is 1.45. The molecule has 0 aliphatic rings. The number of rotatable bonds is 3. The zero-order chi connectivity index (χ0) is 17.5. The molecule has 0 bridgehead atoms. The lowest BCUT2D eigenvalue weighted by Gasteiger charge is -1.99. The molecule has 0 aliphatic carbocycles. The highest BCUT2D eigenvalue weighted by molar-refractivity contribution is 9.10. The standard InChI is InChI=1S/C8H8BrNO.C7H7NO3S/c1-5-2-3-6(8(10)11)7(9)4-5;9-12(10,11)6-4-7-3-1-2-5-8-7/h2-4H,1H3,(H2,10,11);1-6H,(H,9,10,11)/b;6-4+. The Morgan fingerprint density at radius 3 is 2.48 bits per heavy atom. The van der Waals surface area contributed by atoms with Crippen LogP contribution in [0, 0.1) is 6.92 Å². The quantitative estimate of drug-likeness (QED) is 0.772. The van der Waals surface area contributed by atoms with Gasteiger partial charge in [-0.25, -0.2) is 0 Å². The van der Waals surface area contributed by atoms with Crippen LogP contribution >= 0.6 is 15.9 Å². The van der Waals surface area contributed by atoms with Crippen molar-refractivity contribution in [3.8, 4) is 0 Å². The van der Waals surface area contributed by atoms with E-state index < -0.39 is 16.0 Å². The van der Waals surface area contributed by atoms with Crippen molar-refractivity contribution in [2.24, 2.45) is 5.73 Å². The van der Waals surface area contributed by atoms with Crippen LogP contribution in [0.3, 0.4) is 0 Å². The average Bonchev–Trinajstić information content (AvgIpc) is 2.46. The Bertz CT molecular complexity index is 805. The summed E-state index contributed by atoms with van der Waals surface area (Å²) in [4.78, 5) is 14.5. The number of primary amides is 1. The third-order valence-electron chi connectivity index (χ3n) is 2.49. The Kier molecular flexibility index (Phi) is 7.08. The Morgan fingerprint density at radius 1 is 1.30 bits per heavy atom. The number of carbonyl (C=O) groups is 1. The van der Waals surface area contributed by atoms with Crippen molar-refractivity contribution < 1.29 is 17.8 Å². The molecule has 8 heteroatoms. The average molecular weight is 399 g/mol. The summed E-state index contributed by atoms with van der Waals surface area (Å²) in [6, 6.07) is 10.5. The van der Waals surface area contributed by atoms with Gasteiger partial charge in [0.1, 0.15) is 0 Å². The second kappa shape index (κ2) is 8.56. The summed E-state index contributed by atoms with van der Waals surface area (Å²) < 4.78 is 29.6.